The van der Waals surface area contributed by atoms with Gasteiger partial charge < -0.3 is 10.1 Å². The quantitative estimate of drug-likeness (QED) is 0.612. The normalized spacial score (nSPS) is 11.0. The van der Waals surface area contributed by atoms with Crippen LogP contribution in [0.5, 0.6) is 0 Å². The molecule has 0 bridgehead atoms. The van der Waals surface area contributed by atoms with Gasteiger partial charge in [0.15, 0.2) is 0 Å². The van der Waals surface area contributed by atoms with E-state index >= 15 is 0 Å². The molecular weight excluding hydrogens is 399 g/mol. The number of hydrogen-bond donors (Lipinski definition) is 1. The first-order valence-corrected chi connectivity index (χ1v) is 9.56. The van der Waals surface area contributed by atoms with E-state index < -0.39 is 17.1 Å². The van der Waals surface area contributed by atoms with Crippen LogP contribution in [-0.4, -0.2) is 32.9 Å². The Hall–Kier alpha value is -2.98. The van der Waals surface area contributed by atoms with Gasteiger partial charge in [-0.3, -0.25) is 18.7 Å². The monoisotopic (exact) mass is 418 g/mol. The van der Waals surface area contributed by atoms with Crippen molar-refractivity contribution in [3.8, 4) is 0 Å². The highest BCUT2D eigenvalue weighted by Gasteiger charge is 2.18. The number of halogens is 1. The fourth-order valence-electron chi connectivity index (χ4n) is 2.87. The van der Waals surface area contributed by atoms with Gasteiger partial charge in [0.25, 0.3) is 5.56 Å². The smallest absolute Gasteiger partial charge is 0.332 e. The predicted octanol–water partition coefficient (Wildman–Crippen LogP) is 1.65. The van der Waals surface area contributed by atoms with E-state index in [0.29, 0.717) is 16.1 Å². The molecule has 3 rings (SSSR count). The maximum Gasteiger partial charge on any atom is 0.332 e. The first-order chi connectivity index (χ1) is 13.8. The number of fused-ring (bicyclic) bond motifs is 1. The Labute approximate surface area is 169 Å². The van der Waals surface area contributed by atoms with Crippen LogP contribution >= 0.6 is 11.8 Å². The minimum Gasteiger partial charge on any atom is -0.380 e. The summed E-state index contributed by atoms with van der Waals surface area (Å²) in [6.45, 7) is 0.183. The Balaban J connectivity index is 1.98. The highest BCUT2D eigenvalue weighted by Crippen LogP contribution is 2.28. The van der Waals surface area contributed by atoms with Crippen molar-refractivity contribution < 1.29 is 13.9 Å². The molecule has 0 atom stereocenters. The van der Waals surface area contributed by atoms with E-state index in [-0.39, 0.29) is 29.3 Å². The van der Waals surface area contributed by atoms with Gasteiger partial charge in [-0.2, -0.15) is 0 Å². The first-order valence-electron chi connectivity index (χ1n) is 8.58. The summed E-state index contributed by atoms with van der Waals surface area (Å²) >= 11 is 1.13. The number of aryl methyl sites for hydroxylation is 1. The zero-order valence-corrected chi connectivity index (χ0v) is 16.9. The van der Waals surface area contributed by atoms with Gasteiger partial charge in [-0.05, 0) is 18.2 Å². The lowest BCUT2D eigenvalue weighted by molar-refractivity contribution is -0.113. The van der Waals surface area contributed by atoms with Gasteiger partial charge in [0, 0.05) is 43.5 Å². The van der Waals surface area contributed by atoms with E-state index in [1.165, 1.54) is 50.2 Å². The molecule has 0 radical (unpaired) electrons. The van der Waals surface area contributed by atoms with Crippen molar-refractivity contribution in [2.45, 2.75) is 11.5 Å². The van der Waals surface area contributed by atoms with Gasteiger partial charge in [-0.1, -0.05) is 6.07 Å². The molecule has 0 aliphatic carbocycles. The Morgan fingerprint density at radius 1 is 1.28 bits per heavy atom. The lowest BCUT2D eigenvalue weighted by Crippen LogP contribution is -2.37. The van der Waals surface area contributed by atoms with Gasteiger partial charge in [0.2, 0.25) is 5.91 Å². The molecule has 0 unspecified atom stereocenters. The van der Waals surface area contributed by atoms with Crippen LogP contribution in [0.15, 0.2) is 44.9 Å². The molecule has 3 aromatic rings. The molecule has 152 valence electrons. The van der Waals surface area contributed by atoms with Crippen LogP contribution in [0.3, 0.4) is 0 Å². The molecule has 2 aromatic heterocycles. The number of ether oxygens (including phenoxy) is 1. The van der Waals surface area contributed by atoms with Crippen LogP contribution < -0.4 is 16.6 Å². The Morgan fingerprint density at radius 3 is 2.72 bits per heavy atom. The van der Waals surface area contributed by atoms with Crippen molar-refractivity contribution in [2.75, 3.05) is 18.2 Å². The Morgan fingerprint density at radius 2 is 2.03 bits per heavy atom. The van der Waals surface area contributed by atoms with Gasteiger partial charge in [0.1, 0.15) is 11.5 Å². The number of hydrogen-bond acceptors (Lipinski definition) is 6. The number of carbonyl (C=O) groups is 1. The van der Waals surface area contributed by atoms with Crippen molar-refractivity contribution in [1.82, 2.24) is 14.1 Å². The Bertz CT molecular complexity index is 1210. The van der Waals surface area contributed by atoms with Gasteiger partial charge in [-0.25, -0.2) is 14.2 Å². The second-order valence-electron chi connectivity index (χ2n) is 6.30. The average molecular weight is 418 g/mol. The van der Waals surface area contributed by atoms with Crippen LogP contribution in [0.1, 0.15) is 5.56 Å². The molecule has 0 saturated heterocycles. The SMILES string of the molecule is COCc1cnc2c(c1SCC(=O)Nc1cccc(F)c1)c(=O)n(C)c(=O)n2C. The number of amides is 1. The summed E-state index contributed by atoms with van der Waals surface area (Å²) in [5, 5.41) is 2.86. The zero-order valence-electron chi connectivity index (χ0n) is 16.1. The van der Waals surface area contributed by atoms with E-state index in [1.54, 1.807) is 6.07 Å². The minimum atomic E-state index is -0.499. The molecule has 29 heavy (non-hydrogen) atoms. The molecule has 0 aliphatic rings. The van der Waals surface area contributed by atoms with E-state index in [0.717, 1.165) is 16.3 Å². The number of aromatic nitrogens is 3. The average Bonchev–Trinajstić information content (AvgIpc) is 2.69. The Kier molecular flexibility index (Phi) is 6.14. The van der Waals surface area contributed by atoms with E-state index in [9.17, 15) is 18.8 Å². The van der Waals surface area contributed by atoms with Crippen LogP contribution in [-0.2, 0) is 30.2 Å². The predicted molar refractivity (Wildman–Crippen MR) is 109 cm³/mol. The van der Waals surface area contributed by atoms with Crippen molar-refractivity contribution >= 4 is 34.4 Å². The molecule has 0 aliphatic heterocycles. The fraction of sp³-hybridized carbons (Fsp3) is 0.263. The molecule has 1 amide bonds. The second kappa shape index (κ2) is 8.58. The molecule has 0 spiro atoms. The number of nitrogens with zero attached hydrogens (tertiary/aromatic N) is 3. The number of carbonyl (C=O) groups excluding carboxylic acids is 1. The number of benzene rings is 1. The maximum atomic E-state index is 13.3. The third-order valence-electron chi connectivity index (χ3n) is 4.25. The largest absolute Gasteiger partial charge is 0.380 e. The highest BCUT2D eigenvalue weighted by molar-refractivity contribution is 8.00. The van der Waals surface area contributed by atoms with Gasteiger partial charge >= 0.3 is 5.69 Å². The molecular formula is C19H19FN4O4S. The molecule has 1 N–H and O–H groups in total. The van der Waals surface area contributed by atoms with Gasteiger partial charge in [-0.15, -0.1) is 11.8 Å². The van der Waals surface area contributed by atoms with Crippen molar-refractivity contribution in [3.63, 3.8) is 0 Å². The third kappa shape index (κ3) is 4.22. The number of methoxy groups -OCH3 is 1. The lowest BCUT2D eigenvalue weighted by atomic mass is 10.2. The molecule has 1 aromatic carbocycles. The van der Waals surface area contributed by atoms with E-state index in [4.69, 9.17) is 4.74 Å². The number of nitrogens with one attached hydrogen (secondary N) is 1. The fourth-order valence-corrected chi connectivity index (χ4v) is 3.83. The van der Waals surface area contributed by atoms with Crippen LogP contribution in [0.2, 0.25) is 0 Å². The standard InChI is InChI=1S/C19H19FN4O4S/c1-23-17-15(18(26)24(2)19(23)27)16(11(8-21-17)9-28-3)29-10-14(25)22-13-6-4-5-12(20)7-13/h4-8H,9-10H2,1-3H3,(H,22,25). The summed E-state index contributed by atoms with van der Waals surface area (Å²) in [7, 11) is 4.42. The summed E-state index contributed by atoms with van der Waals surface area (Å²) in [5.74, 6) is -0.851. The van der Waals surface area contributed by atoms with Gasteiger partial charge in [0.05, 0.1) is 17.7 Å². The third-order valence-corrected chi connectivity index (χ3v) is 5.41. The molecule has 8 nitrogen and oxygen atoms in total. The molecule has 2 heterocycles. The zero-order chi connectivity index (χ0) is 21.1. The maximum absolute atomic E-state index is 13.3. The van der Waals surface area contributed by atoms with E-state index in [1.807, 2.05) is 0 Å². The number of pyridine rings is 1. The summed E-state index contributed by atoms with van der Waals surface area (Å²) < 4.78 is 20.8. The number of rotatable bonds is 6. The minimum absolute atomic E-state index is 0.0294. The second-order valence-corrected chi connectivity index (χ2v) is 7.28. The number of thioether (sulfide) groups is 1. The molecule has 0 saturated carbocycles. The first kappa shape index (κ1) is 20.7. The number of anilines is 1. The van der Waals surface area contributed by atoms with Crippen molar-refractivity contribution in [2.24, 2.45) is 14.1 Å². The van der Waals surface area contributed by atoms with Crippen LogP contribution in [0, 0.1) is 5.82 Å². The van der Waals surface area contributed by atoms with Crippen molar-refractivity contribution in [3.05, 3.63) is 62.7 Å². The topological polar surface area (TPSA) is 95.2 Å². The summed E-state index contributed by atoms with van der Waals surface area (Å²) in [4.78, 5) is 42.0. The van der Waals surface area contributed by atoms with E-state index in [2.05, 4.69) is 10.3 Å². The molecule has 10 heteroatoms. The molecule has 0 fully saturated rings. The van der Waals surface area contributed by atoms with Crippen molar-refractivity contribution in [1.29, 1.82) is 0 Å². The van der Waals surface area contributed by atoms with Crippen LogP contribution in [0.4, 0.5) is 10.1 Å². The summed E-state index contributed by atoms with van der Waals surface area (Å²) in [6, 6.07) is 5.57. The lowest BCUT2D eigenvalue weighted by Gasteiger charge is -2.14. The highest BCUT2D eigenvalue weighted by atomic mass is 32.2. The summed E-state index contributed by atoms with van der Waals surface area (Å²) in [5.41, 5.74) is 0.201. The van der Waals surface area contributed by atoms with Crippen LogP contribution in [0.25, 0.3) is 11.0 Å². The summed E-state index contributed by atoms with van der Waals surface area (Å²) in [6.07, 6.45) is 1.53.